The Morgan fingerprint density at radius 2 is 1.25 bits per heavy atom. The Labute approximate surface area is 148 Å². The Bertz CT molecular complexity index is 731. The molecule has 2 unspecified atom stereocenters. The van der Waals surface area contributed by atoms with Crippen LogP contribution in [0.4, 0.5) is 0 Å². The zero-order valence-electron chi connectivity index (χ0n) is 15.4. The van der Waals surface area contributed by atoms with Crippen molar-refractivity contribution in [2.24, 2.45) is 5.41 Å². The summed E-state index contributed by atoms with van der Waals surface area (Å²) in [5.74, 6) is 0. The fourth-order valence-electron chi connectivity index (χ4n) is 3.84. The van der Waals surface area contributed by atoms with Crippen molar-refractivity contribution in [2.75, 3.05) is 0 Å². The molecule has 1 heteroatoms. The summed E-state index contributed by atoms with van der Waals surface area (Å²) < 4.78 is 0. The molecule has 0 fully saturated rings. The SMILES string of the molecule is CC1=CC(C)(C(C)P(c2ccccc2)c2ccccc2)C(C)=C1C. The van der Waals surface area contributed by atoms with Gasteiger partial charge in [0.1, 0.15) is 0 Å². The van der Waals surface area contributed by atoms with Crippen LogP contribution in [0, 0.1) is 5.41 Å². The molecule has 0 saturated heterocycles. The third-order valence-electron chi connectivity index (χ3n) is 5.80. The van der Waals surface area contributed by atoms with Crippen LogP contribution in [0.15, 0.2) is 83.5 Å². The van der Waals surface area contributed by atoms with Crippen LogP contribution in [-0.4, -0.2) is 5.66 Å². The number of allylic oxidation sites excluding steroid dienone is 4. The second-order valence-corrected chi connectivity index (χ2v) is 9.62. The normalized spacial score (nSPS) is 22.0. The van der Waals surface area contributed by atoms with Crippen molar-refractivity contribution >= 4 is 18.5 Å². The summed E-state index contributed by atoms with van der Waals surface area (Å²) >= 11 is 0. The zero-order valence-corrected chi connectivity index (χ0v) is 16.3. The first kappa shape index (κ1) is 17.2. The van der Waals surface area contributed by atoms with Crippen molar-refractivity contribution < 1.29 is 0 Å². The predicted octanol–water partition coefficient (Wildman–Crippen LogP) is 5.81. The van der Waals surface area contributed by atoms with Gasteiger partial charge in [-0.2, -0.15) is 0 Å². The molecule has 0 aliphatic heterocycles. The number of hydrogen-bond acceptors (Lipinski definition) is 0. The van der Waals surface area contributed by atoms with E-state index in [1.165, 1.54) is 27.3 Å². The molecule has 0 heterocycles. The van der Waals surface area contributed by atoms with Crippen molar-refractivity contribution in [1.82, 2.24) is 0 Å². The van der Waals surface area contributed by atoms with E-state index in [1.807, 2.05) is 0 Å². The van der Waals surface area contributed by atoms with Gasteiger partial charge in [-0.05, 0) is 50.5 Å². The van der Waals surface area contributed by atoms with Gasteiger partial charge in [0.15, 0.2) is 0 Å². The highest BCUT2D eigenvalue weighted by Gasteiger charge is 2.40. The Morgan fingerprint density at radius 1 is 0.792 bits per heavy atom. The third-order valence-corrected chi connectivity index (χ3v) is 8.82. The van der Waals surface area contributed by atoms with E-state index in [0.29, 0.717) is 5.66 Å². The van der Waals surface area contributed by atoms with E-state index in [0.717, 1.165) is 0 Å². The molecule has 0 spiro atoms. The summed E-state index contributed by atoms with van der Waals surface area (Å²) in [5.41, 5.74) is 5.13. The molecular formula is C23H27P. The summed E-state index contributed by atoms with van der Waals surface area (Å²) in [7, 11) is -0.415. The van der Waals surface area contributed by atoms with Crippen molar-refractivity contribution in [3.8, 4) is 0 Å². The van der Waals surface area contributed by atoms with Crippen LogP contribution in [0.1, 0.15) is 34.6 Å². The van der Waals surface area contributed by atoms with Crippen LogP contribution < -0.4 is 10.6 Å². The van der Waals surface area contributed by atoms with Crippen LogP contribution in [0.3, 0.4) is 0 Å². The molecule has 2 atom stereocenters. The van der Waals surface area contributed by atoms with Crippen LogP contribution in [0.25, 0.3) is 0 Å². The molecule has 2 aromatic carbocycles. The highest BCUT2D eigenvalue weighted by atomic mass is 31.1. The van der Waals surface area contributed by atoms with Crippen molar-refractivity contribution in [1.29, 1.82) is 0 Å². The lowest BCUT2D eigenvalue weighted by atomic mass is 9.82. The second kappa shape index (κ2) is 6.69. The van der Waals surface area contributed by atoms with E-state index in [1.54, 1.807) is 0 Å². The highest BCUT2D eigenvalue weighted by Crippen LogP contribution is 2.54. The molecule has 0 saturated carbocycles. The van der Waals surface area contributed by atoms with Gasteiger partial charge in [0.2, 0.25) is 0 Å². The quantitative estimate of drug-likeness (QED) is 0.619. The van der Waals surface area contributed by atoms with Gasteiger partial charge in [-0.3, -0.25) is 0 Å². The first-order valence-corrected chi connectivity index (χ1v) is 10.1. The van der Waals surface area contributed by atoms with E-state index >= 15 is 0 Å². The summed E-state index contributed by atoms with van der Waals surface area (Å²) in [6.45, 7) is 11.7. The Hall–Kier alpha value is -1.65. The average Bonchev–Trinajstić information content (AvgIpc) is 2.81. The molecule has 0 radical (unpaired) electrons. The number of rotatable bonds is 4. The Balaban J connectivity index is 2.11. The van der Waals surface area contributed by atoms with Gasteiger partial charge >= 0.3 is 0 Å². The van der Waals surface area contributed by atoms with Gasteiger partial charge in [-0.1, -0.05) is 91.7 Å². The number of benzene rings is 2. The molecule has 3 rings (SSSR count). The summed E-state index contributed by atoms with van der Waals surface area (Å²) in [6, 6.07) is 22.1. The topological polar surface area (TPSA) is 0 Å². The molecule has 1 aliphatic carbocycles. The minimum atomic E-state index is -0.415. The Kier molecular flexibility index (Phi) is 4.79. The largest absolute Gasteiger partial charge is 0.0707 e. The lowest BCUT2D eigenvalue weighted by molar-refractivity contribution is 0.511. The van der Waals surface area contributed by atoms with Gasteiger partial charge in [0, 0.05) is 5.41 Å². The van der Waals surface area contributed by atoms with E-state index in [-0.39, 0.29) is 5.41 Å². The van der Waals surface area contributed by atoms with Crippen LogP contribution in [0.2, 0.25) is 0 Å². The van der Waals surface area contributed by atoms with Crippen LogP contribution in [-0.2, 0) is 0 Å². The van der Waals surface area contributed by atoms with Crippen molar-refractivity contribution in [3.05, 3.63) is 83.5 Å². The minimum Gasteiger partial charge on any atom is -0.0707 e. The standard InChI is InChI=1S/C23H27P/c1-17-16-23(5,19(3)18(17)2)20(4)24(21-12-8-6-9-13-21)22-14-10-7-11-15-22/h6-16,20H,1-5H3. The molecule has 0 bridgehead atoms. The Morgan fingerprint density at radius 3 is 1.62 bits per heavy atom. The van der Waals surface area contributed by atoms with E-state index in [4.69, 9.17) is 0 Å². The van der Waals surface area contributed by atoms with Gasteiger partial charge in [-0.15, -0.1) is 0 Å². The molecule has 0 amide bonds. The maximum atomic E-state index is 2.50. The van der Waals surface area contributed by atoms with E-state index in [2.05, 4.69) is 101 Å². The first-order valence-electron chi connectivity index (χ1n) is 8.72. The first-order chi connectivity index (χ1) is 11.4. The maximum absolute atomic E-state index is 2.50. The monoisotopic (exact) mass is 334 g/mol. The molecule has 0 N–H and O–H groups in total. The average molecular weight is 334 g/mol. The minimum absolute atomic E-state index is 0.131. The van der Waals surface area contributed by atoms with Crippen LogP contribution >= 0.6 is 7.92 Å². The van der Waals surface area contributed by atoms with Crippen molar-refractivity contribution in [3.63, 3.8) is 0 Å². The maximum Gasteiger partial charge on any atom is 0.0142 e. The summed E-state index contributed by atoms with van der Waals surface area (Å²) in [5, 5.41) is 2.94. The van der Waals surface area contributed by atoms with E-state index in [9.17, 15) is 0 Å². The smallest absolute Gasteiger partial charge is 0.0142 e. The van der Waals surface area contributed by atoms with E-state index < -0.39 is 7.92 Å². The predicted molar refractivity (Wildman–Crippen MR) is 109 cm³/mol. The summed E-state index contributed by atoms with van der Waals surface area (Å²) in [6.07, 6.45) is 2.50. The van der Waals surface area contributed by atoms with Gasteiger partial charge in [-0.25, -0.2) is 0 Å². The third kappa shape index (κ3) is 2.89. The molecule has 2 aromatic rings. The molecule has 1 aliphatic rings. The molecule has 0 aromatic heterocycles. The molecular weight excluding hydrogens is 307 g/mol. The molecule has 124 valence electrons. The molecule has 24 heavy (non-hydrogen) atoms. The zero-order chi connectivity index (χ0) is 17.3. The highest BCUT2D eigenvalue weighted by molar-refractivity contribution is 7.73. The fraction of sp³-hybridized carbons (Fsp3) is 0.304. The van der Waals surface area contributed by atoms with Crippen LogP contribution in [0.5, 0.6) is 0 Å². The second-order valence-electron chi connectivity index (χ2n) is 7.08. The summed E-state index contributed by atoms with van der Waals surface area (Å²) in [4.78, 5) is 0. The van der Waals surface area contributed by atoms with Gasteiger partial charge in [0.25, 0.3) is 0 Å². The lowest BCUT2D eigenvalue weighted by Gasteiger charge is -2.38. The van der Waals surface area contributed by atoms with Crippen molar-refractivity contribution in [2.45, 2.75) is 40.3 Å². The fourth-order valence-corrected chi connectivity index (χ4v) is 6.83. The number of hydrogen-bond donors (Lipinski definition) is 0. The lowest BCUT2D eigenvalue weighted by Crippen LogP contribution is -2.33. The van der Waals surface area contributed by atoms with Gasteiger partial charge < -0.3 is 0 Å². The van der Waals surface area contributed by atoms with Gasteiger partial charge in [0.05, 0.1) is 0 Å². The molecule has 0 nitrogen and oxygen atoms in total.